The predicted molar refractivity (Wildman–Crippen MR) is 148 cm³/mol. The van der Waals surface area contributed by atoms with Crippen molar-refractivity contribution in [3.63, 3.8) is 0 Å². The molecule has 0 radical (unpaired) electrons. The van der Waals surface area contributed by atoms with E-state index in [1.54, 1.807) is 0 Å². The minimum atomic E-state index is 0.0281. The van der Waals surface area contributed by atoms with Crippen LogP contribution in [0.15, 0.2) is 97.3 Å². The first-order valence-corrected chi connectivity index (χ1v) is 12.6. The summed E-state index contributed by atoms with van der Waals surface area (Å²) in [5, 5.41) is 3.52. The van der Waals surface area contributed by atoms with Gasteiger partial charge < -0.3 is 9.47 Å². The fourth-order valence-corrected chi connectivity index (χ4v) is 6.16. The van der Waals surface area contributed by atoms with Crippen molar-refractivity contribution in [2.75, 3.05) is 0 Å². The van der Waals surface area contributed by atoms with Crippen LogP contribution < -0.4 is 30.4 Å². The molecule has 0 amide bonds. The Morgan fingerprint density at radius 1 is 0.730 bits per heavy atom. The van der Waals surface area contributed by atoms with E-state index >= 15 is 0 Å². The third-order valence-electron chi connectivity index (χ3n) is 7.87. The van der Waals surface area contributed by atoms with Gasteiger partial charge in [0.05, 0.1) is 7.05 Å². The van der Waals surface area contributed by atoms with Gasteiger partial charge in [0, 0.05) is 11.0 Å². The molecule has 8 rings (SSSR count). The molecule has 5 aromatic carbocycles. The molecule has 37 heavy (non-hydrogen) atoms. The second-order valence-corrected chi connectivity index (χ2v) is 9.88. The van der Waals surface area contributed by atoms with E-state index in [2.05, 4.69) is 79.2 Å². The van der Waals surface area contributed by atoms with Crippen LogP contribution >= 0.6 is 0 Å². The van der Waals surface area contributed by atoms with Crippen LogP contribution in [0.3, 0.4) is 0 Å². The highest BCUT2D eigenvalue weighted by molar-refractivity contribution is 6.98. The van der Waals surface area contributed by atoms with Crippen LogP contribution in [0.4, 0.5) is 0 Å². The highest BCUT2D eigenvalue weighted by Gasteiger charge is 2.41. The lowest BCUT2D eigenvalue weighted by Gasteiger charge is -2.33. The van der Waals surface area contributed by atoms with Gasteiger partial charge >= 0.3 is 0 Å². The number of ether oxygens (including phenoxy) is 2. The zero-order chi connectivity index (χ0) is 24.7. The van der Waals surface area contributed by atoms with E-state index in [1.165, 1.54) is 21.9 Å². The van der Waals surface area contributed by atoms with E-state index in [0.717, 1.165) is 56.0 Å². The Hall–Kier alpha value is -4.64. The monoisotopic (exact) mass is 477 g/mol. The molecule has 2 aliphatic heterocycles. The number of nitrogens with zero attached hydrogens (tertiary/aromatic N) is 2. The summed E-state index contributed by atoms with van der Waals surface area (Å²) in [5.74, 6) is 3.46. The third kappa shape index (κ3) is 2.80. The van der Waals surface area contributed by atoms with E-state index in [9.17, 15) is 0 Å². The Morgan fingerprint density at radius 3 is 2.43 bits per heavy atom. The van der Waals surface area contributed by atoms with Crippen LogP contribution in [0.2, 0.25) is 0 Å². The number of hydrogen-bond acceptors (Lipinski definition) is 3. The Kier molecular flexibility index (Phi) is 4.13. The Balaban J connectivity index is 1.47. The summed E-state index contributed by atoms with van der Waals surface area (Å²) in [6, 6.07) is 31.7. The van der Waals surface area contributed by atoms with E-state index in [-0.39, 0.29) is 6.71 Å². The SMILES string of the molecule is Cc1c(-c2c3c4c(ccc3nc[n+]2C)B2c3ccccc3Oc3cccc(c32)O4)ccc2ccccc12. The molecule has 1 aromatic heterocycles. The topological polar surface area (TPSA) is 35.2 Å². The highest BCUT2D eigenvalue weighted by Crippen LogP contribution is 2.40. The van der Waals surface area contributed by atoms with E-state index in [0.29, 0.717) is 0 Å². The molecule has 0 unspecified atom stereocenters. The lowest BCUT2D eigenvalue weighted by Crippen LogP contribution is -2.57. The Bertz CT molecular complexity index is 1930. The quantitative estimate of drug-likeness (QED) is 0.249. The number of rotatable bonds is 1. The van der Waals surface area contributed by atoms with Gasteiger partial charge in [-0.15, -0.1) is 0 Å². The van der Waals surface area contributed by atoms with E-state index in [4.69, 9.17) is 14.5 Å². The maximum Gasteiger partial charge on any atom is 0.287 e. The van der Waals surface area contributed by atoms with Gasteiger partial charge in [0.15, 0.2) is 5.52 Å². The second kappa shape index (κ2) is 7.44. The summed E-state index contributed by atoms with van der Waals surface area (Å²) >= 11 is 0. The van der Waals surface area contributed by atoms with Gasteiger partial charge in [-0.2, -0.15) is 0 Å². The molecule has 3 heterocycles. The number of aromatic nitrogens is 2. The van der Waals surface area contributed by atoms with Crippen molar-refractivity contribution >= 4 is 44.8 Å². The molecule has 4 nitrogen and oxygen atoms in total. The first-order chi connectivity index (χ1) is 18.2. The maximum atomic E-state index is 6.76. The molecular weight excluding hydrogens is 455 g/mol. The minimum absolute atomic E-state index is 0.0281. The first-order valence-electron chi connectivity index (χ1n) is 12.6. The average Bonchev–Trinajstić information content (AvgIpc) is 2.93. The normalized spacial score (nSPS) is 13.0. The molecule has 0 fully saturated rings. The van der Waals surface area contributed by atoms with Gasteiger partial charge in [0.2, 0.25) is 0 Å². The van der Waals surface area contributed by atoms with Crippen LogP contribution in [0.25, 0.3) is 32.9 Å². The zero-order valence-electron chi connectivity index (χ0n) is 20.5. The highest BCUT2D eigenvalue weighted by atomic mass is 16.5. The van der Waals surface area contributed by atoms with Crippen molar-refractivity contribution < 1.29 is 14.0 Å². The van der Waals surface area contributed by atoms with Gasteiger partial charge in [-0.25, -0.2) is 4.57 Å². The molecule has 0 saturated carbocycles. The summed E-state index contributed by atoms with van der Waals surface area (Å²) in [6.07, 6.45) is 1.90. The summed E-state index contributed by atoms with van der Waals surface area (Å²) in [5.41, 5.74) is 7.82. The van der Waals surface area contributed by atoms with Crippen LogP contribution in [-0.2, 0) is 7.05 Å². The Labute approximate surface area is 214 Å². The summed E-state index contributed by atoms with van der Waals surface area (Å²) in [4.78, 5) is 4.81. The molecule has 0 spiro atoms. The van der Waals surface area contributed by atoms with Crippen molar-refractivity contribution in [1.82, 2.24) is 4.98 Å². The molecular formula is C32H22BN2O2+. The molecule has 0 aliphatic carbocycles. The van der Waals surface area contributed by atoms with Crippen LogP contribution in [0, 0.1) is 6.92 Å². The molecule has 0 atom stereocenters. The van der Waals surface area contributed by atoms with Gasteiger partial charge in [0.25, 0.3) is 13.0 Å². The fraction of sp³-hybridized carbons (Fsp3) is 0.0625. The largest absolute Gasteiger partial charge is 0.458 e. The van der Waals surface area contributed by atoms with Gasteiger partial charge in [-0.05, 0) is 69.5 Å². The molecule has 6 aromatic rings. The van der Waals surface area contributed by atoms with Gasteiger partial charge in [-0.1, -0.05) is 60.7 Å². The van der Waals surface area contributed by atoms with Gasteiger partial charge in [0.1, 0.15) is 34.1 Å². The zero-order valence-corrected chi connectivity index (χ0v) is 20.5. The Morgan fingerprint density at radius 2 is 1.51 bits per heavy atom. The number of aryl methyl sites for hydroxylation is 2. The van der Waals surface area contributed by atoms with Crippen LogP contribution in [0.5, 0.6) is 23.0 Å². The van der Waals surface area contributed by atoms with Crippen molar-refractivity contribution in [2.24, 2.45) is 7.05 Å². The van der Waals surface area contributed by atoms with Crippen LogP contribution in [-0.4, -0.2) is 11.7 Å². The maximum absolute atomic E-state index is 6.76. The second-order valence-electron chi connectivity index (χ2n) is 9.88. The van der Waals surface area contributed by atoms with Crippen molar-refractivity contribution in [3.8, 4) is 34.3 Å². The number of benzene rings is 5. The molecule has 0 bridgehead atoms. The van der Waals surface area contributed by atoms with Crippen molar-refractivity contribution in [3.05, 3.63) is 103 Å². The lowest BCUT2D eigenvalue weighted by atomic mass is 9.35. The summed E-state index contributed by atoms with van der Waals surface area (Å²) < 4.78 is 15.2. The molecule has 2 aliphatic rings. The summed E-state index contributed by atoms with van der Waals surface area (Å²) in [7, 11) is 2.06. The molecule has 174 valence electrons. The van der Waals surface area contributed by atoms with Crippen molar-refractivity contribution in [2.45, 2.75) is 6.92 Å². The molecule has 5 heteroatoms. The number of hydrogen-bond donors (Lipinski definition) is 0. The van der Waals surface area contributed by atoms with Gasteiger partial charge in [-0.3, -0.25) is 0 Å². The smallest absolute Gasteiger partial charge is 0.287 e. The minimum Gasteiger partial charge on any atom is -0.458 e. The molecule has 0 N–H and O–H groups in total. The van der Waals surface area contributed by atoms with Crippen molar-refractivity contribution in [1.29, 1.82) is 0 Å². The molecule has 0 saturated heterocycles. The van der Waals surface area contributed by atoms with E-state index in [1.807, 2.05) is 36.7 Å². The third-order valence-corrected chi connectivity index (χ3v) is 7.87. The fourth-order valence-electron chi connectivity index (χ4n) is 6.16. The number of fused-ring (bicyclic) bond motifs is 7. The number of para-hydroxylation sites is 1. The van der Waals surface area contributed by atoms with Crippen LogP contribution in [0.1, 0.15) is 5.56 Å². The first kappa shape index (κ1) is 20.5. The lowest BCUT2D eigenvalue weighted by molar-refractivity contribution is -0.662. The van der Waals surface area contributed by atoms with E-state index < -0.39 is 0 Å². The summed E-state index contributed by atoms with van der Waals surface area (Å²) in [6.45, 7) is 2.23. The average molecular weight is 477 g/mol. The predicted octanol–water partition coefficient (Wildman–Crippen LogP) is 4.92. The standard InChI is InChI=1S/C32H22BN2O2/c1-19-21-9-4-3-8-20(21)14-15-22(19)31-29-25(34-18-35(31)2)17-16-24-32(29)37-28-13-7-12-27-30(28)33(24)23-10-5-6-11-26(23)36-27/h3-18H,1-2H3/q+1.